The Kier molecular flexibility index (Phi) is 7.81. The van der Waals surface area contributed by atoms with Crippen molar-refractivity contribution in [3.8, 4) is 5.75 Å². The molecule has 0 bridgehead atoms. The molecule has 10 heteroatoms. The molecule has 32 heavy (non-hydrogen) atoms. The Bertz CT molecular complexity index is 1030. The van der Waals surface area contributed by atoms with E-state index >= 15 is 0 Å². The fraction of sp³-hybridized carbons (Fsp3) is 0.364. The molecule has 1 amide bonds. The number of nitrogens with one attached hydrogen (secondary N) is 1. The number of ether oxygens (including phenoxy) is 2. The maximum atomic E-state index is 13.1. The van der Waals surface area contributed by atoms with E-state index in [1.807, 2.05) is 12.1 Å². The Labute approximate surface area is 186 Å². The molecule has 0 aromatic heterocycles. The van der Waals surface area contributed by atoms with E-state index in [0.29, 0.717) is 12.3 Å². The molecule has 2 aromatic rings. The largest absolute Gasteiger partial charge is 0.497 e. The lowest BCUT2D eigenvalue weighted by atomic mass is 9.98. The van der Waals surface area contributed by atoms with E-state index in [2.05, 4.69) is 5.32 Å². The van der Waals surface area contributed by atoms with E-state index in [-0.39, 0.29) is 30.8 Å². The van der Waals surface area contributed by atoms with Crippen LogP contribution in [0.2, 0.25) is 0 Å². The zero-order valence-electron chi connectivity index (χ0n) is 17.6. The van der Waals surface area contributed by atoms with Crippen LogP contribution < -0.4 is 10.1 Å². The van der Waals surface area contributed by atoms with Crippen LogP contribution in [0.4, 0.5) is 4.39 Å². The van der Waals surface area contributed by atoms with E-state index in [1.54, 1.807) is 19.2 Å². The minimum atomic E-state index is -3.75. The van der Waals surface area contributed by atoms with Gasteiger partial charge >= 0.3 is 5.97 Å². The average Bonchev–Trinajstić information content (AvgIpc) is 2.82. The van der Waals surface area contributed by atoms with Crippen LogP contribution in [-0.4, -0.2) is 51.4 Å². The zero-order valence-corrected chi connectivity index (χ0v) is 18.4. The summed E-state index contributed by atoms with van der Waals surface area (Å²) in [5.74, 6) is -1.23. The summed E-state index contributed by atoms with van der Waals surface area (Å²) in [6.07, 6.45) is 0.569. The van der Waals surface area contributed by atoms with E-state index in [4.69, 9.17) is 9.47 Å². The number of carbonyl (C=O) groups is 2. The number of halogens is 1. The molecular weight excluding hydrogens is 439 g/mol. The van der Waals surface area contributed by atoms with Crippen LogP contribution in [0.15, 0.2) is 53.4 Å². The fourth-order valence-electron chi connectivity index (χ4n) is 3.34. The zero-order chi connectivity index (χ0) is 23.1. The normalized spacial score (nSPS) is 15.2. The van der Waals surface area contributed by atoms with Gasteiger partial charge in [0.05, 0.1) is 17.9 Å². The highest BCUT2D eigenvalue weighted by Gasteiger charge is 2.33. The van der Waals surface area contributed by atoms with Gasteiger partial charge in [-0.1, -0.05) is 12.1 Å². The predicted octanol–water partition coefficient (Wildman–Crippen LogP) is 2.09. The molecule has 1 fully saturated rings. The van der Waals surface area contributed by atoms with E-state index in [1.165, 1.54) is 16.4 Å². The van der Waals surface area contributed by atoms with Gasteiger partial charge in [-0.2, -0.15) is 4.31 Å². The number of piperidine rings is 1. The SMILES string of the molecule is COc1ccc(CNC(=O)COC(=O)C2CCN(S(=O)(=O)c3ccc(F)cc3)CC2)cc1. The molecule has 8 nitrogen and oxygen atoms in total. The van der Waals surface area contributed by atoms with Crippen molar-refractivity contribution in [2.45, 2.75) is 24.3 Å². The molecule has 0 spiro atoms. The van der Waals surface area contributed by atoms with Crippen molar-refractivity contribution in [2.75, 3.05) is 26.8 Å². The number of hydrogen-bond donors (Lipinski definition) is 1. The number of amides is 1. The molecular formula is C22H25FN2O6S. The summed E-state index contributed by atoms with van der Waals surface area (Å²) in [5, 5.41) is 2.67. The Morgan fingerprint density at radius 1 is 1.06 bits per heavy atom. The van der Waals surface area contributed by atoms with Gasteiger partial charge in [0, 0.05) is 19.6 Å². The lowest BCUT2D eigenvalue weighted by molar-refractivity contribution is -0.153. The standard InChI is InChI=1S/C22H25FN2O6S/c1-30-19-6-2-16(3-7-19)14-24-21(26)15-31-22(27)17-10-12-25(13-11-17)32(28,29)20-8-4-18(23)5-9-20/h2-9,17H,10-15H2,1H3,(H,24,26). The van der Waals surface area contributed by atoms with Crippen molar-refractivity contribution >= 4 is 21.9 Å². The van der Waals surface area contributed by atoms with Gasteiger partial charge in [-0.25, -0.2) is 12.8 Å². The van der Waals surface area contributed by atoms with Gasteiger partial charge in [0.1, 0.15) is 11.6 Å². The van der Waals surface area contributed by atoms with E-state index < -0.39 is 40.2 Å². The van der Waals surface area contributed by atoms with Crippen LogP contribution in [0, 0.1) is 11.7 Å². The Balaban J connectivity index is 1.42. The van der Waals surface area contributed by atoms with Gasteiger partial charge in [-0.15, -0.1) is 0 Å². The third-order valence-electron chi connectivity index (χ3n) is 5.23. The molecule has 0 aliphatic carbocycles. The summed E-state index contributed by atoms with van der Waals surface area (Å²) in [6, 6.07) is 11.8. The number of hydrogen-bond acceptors (Lipinski definition) is 6. The first kappa shape index (κ1) is 23.7. The van der Waals surface area contributed by atoms with Crippen molar-refractivity contribution < 1.29 is 31.9 Å². The quantitative estimate of drug-likeness (QED) is 0.601. The third kappa shape index (κ3) is 6.04. The van der Waals surface area contributed by atoms with Gasteiger partial charge in [0.2, 0.25) is 10.0 Å². The summed E-state index contributed by atoms with van der Waals surface area (Å²) in [4.78, 5) is 24.3. The van der Waals surface area contributed by atoms with Crippen LogP contribution in [0.3, 0.4) is 0 Å². The molecule has 1 aliphatic heterocycles. The summed E-state index contributed by atoms with van der Waals surface area (Å²) < 4.78 is 49.8. The Morgan fingerprint density at radius 3 is 2.28 bits per heavy atom. The number of rotatable bonds is 8. The number of esters is 1. The maximum Gasteiger partial charge on any atom is 0.309 e. The molecule has 1 aliphatic rings. The lowest BCUT2D eigenvalue weighted by Crippen LogP contribution is -2.41. The Morgan fingerprint density at radius 2 is 1.69 bits per heavy atom. The highest BCUT2D eigenvalue weighted by molar-refractivity contribution is 7.89. The number of carbonyl (C=O) groups excluding carboxylic acids is 2. The molecule has 172 valence electrons. The number of methoxy groups -OCH3 is 1. The molecule has 0 unspecified atom stereocenters. The summed E-state index contributed by atoms with van der Waals surface area (Å²) in [5.41, 5.74) is 0.875. The van der Waals surface area contributed by atoms with Crippen molar-refractivity contribution in [1.82, 2.24) is 9.62 Å². The van der Waals surface area contributed by atoms with Crippen molar-refractivity contribution in [1.29, 1.82) is 0 Å². The minimum Gasteiger partial charge on any atom is -0.497 e. The maximum absolute atomic E-state index is 13.1. The first-order valence-corrected chi connectivity index (χ1v) is 11.6. The van der Waals surface area contributed by atoms with Crippen molar-refractivity contribution in [3.63, 3.8) is 0 Å². The fourth-order valence-corrected chi connectivity index (χ4v) is 4.81. The monoisotopic (exact) mass is 464 g/mol. The molecule has 3 rings (SSSR count). The molecule has 1 N–H and O–H groups in total. The molecule has 2 aromatic carbocycles. The first-order chi connectivity index (χ1) is 15.3. The van der Waals surface area contributed by atoms with Gasteiger partial charge in [0.15, 0.2) is 6.61 Å². The minimum absolute atomic E-state index is 0.00783. The Hall–Kier alpha value is -2.98. The van der Waals surface area contributed by atoms with Crippen LogP contribution in [0.25, 0.3) is 0 Å². The molecule has 0 radical (unpaired) electrons. The molecule has 0 atom stereocenters. The van der Waals surface area contributed by atoms with Gasteiger partial charge in [-0.3, -0.25) is 9.59 Å². The smallest absolute Gasteiger partial charge is 0.309 e. The highest BCUT2D eigenvalue weighted by atomic mass is 32.2. The van der Waals surface area contributed by atoms with Gasteiger partial charge < -0.3 is 14.8 Å². The van der Waals surface area contributed by atoms with Crippen LogP contribution in [0.5, 0.6) is 5.75 Å². The second-order valence-corrected chi connectivity index (χ2v) is 9.30. The highest BCUT2D eigenvalue weighted by Crippen LogP contribution is 2.24. The molecule has 1 heterocycles. The lowest BCUT2D eigenvalue weighted by Gasteiger charge is -2.30. The summed E-state index contributed by atoms with van der Waals surface area (Å²) in [6.45, 7) is 0.176. The second-order valence-electron chi connectivity index (χ2n) is 7.36. The van der Waals surface area contributed by atoms with Gasteiger partial charge in [0.25, 0.3) is 5.91 Å². The molecule has 1 saturated heterocycles. The van der Waals surface area contributed by atoms with Crippen LogP contribution in [0.1, 0.15) is 18.4 Å². The van der Waals surface area contributed by atoms with Gasteiger partial charge in [-0.05, 0) is 54.8 Å². The molecule has 0 saturated carbocycles. The third-order valence-corrected chi connectivity index (χ3v) is 7.15. The van der Waals surface area contributed by atoms with E-state index in [9.17, 15) is 22.4 Å². The second kappa shape index (κ2) is 10.6. The summed E-state index contributed by atoms with van der Waals surface area (Å²) in [7, 11) is -2.18. The van der Waals surface area contributed by atoms with E-state index in [0.717, 1.165) is 17.7 Å². The van der Waals surface area contributed by atoms with Crippen molar-refractivity contribution in [3.05, 3.63) is 59.9 Å². The van der Waals surface area contributed by atoms with Crippen LogP contribution >= 0.6 is 0 Å². The first-order valence-electron chi connectivity index (χ1n) is 10.1. The topological polar surface area (TPSA) is 102 Å². The number of sulfonamides is 1. The predicted molar refractivity (Wildman–Crippen MR) is 114 cm³/mol. The average molecular weight is 465 g/mol. The number of benzene rings is 2. The van der Waals surface area contributed by atoms with Crippen LogP contribution in [-0.2, 0) is 30.9 Å². The number of nitrogens with zero attached hydrogens (tertiary/aromatic N) is 1. The van der Waals surface area contributed by atoms with Crippen molar-refractivity contribution in [2.24, 2.45) is 5.92 Å². The summed E-state index contributed by atoms with van der Waals surface area (Å²) >= 11 is 0.